The summed E-state index contributed by atoms with van der Waals surface area (Å²) in [6.45, 7) is 3.39. The van der Waals surface area contributed by atoms with Gasteiger partial charge in [0.2, 0.25) is 0 Å². The second kappa shape index (κ2) is 2.23. The van der Waals surface area contributed by atoms with Gasteiger partial charge in [-0.2, -0.15) is 0 Å². The minimum atomic E-state index is 0.634. The zero-order valence-corrected chi connectivity index (χ0v) is 6.82. The van der Waals surface area contributed by atoms with E-state index < -0.39 is 0 Å². The van der Waals surface area contributed by atoms with Crippen molar-refractivity contribution in [2.75, 3.05) is 6.54 Å². The fourth-order valence-electron chi connectivity index (χ4n) is 2.28. The van der Waals surface area contributed by atoms with E-state index in [-0.39, 0.29) is 0 Å². The molecule has 2 aliphatic carbocycles. The van der Waals surface area contributed by atoms with Gasteiger partial charge in [0.05, 0.1) is 0 Å². The maximum absolute atomic E-state index is 3.66. The molecule has 2 fully saturated rings. The fourth-order valence-corrected chi connectivity index (χ4v) is 2.28. The molecule has 58 valence electrons. The van der Waals surface area contributed by atoms with Gasteiger partial charge in [-0.25, -0.2) is 0 Å². The Morgan fingerprint density at radius 2 is 2.10 bits per heavy atom. The molecule has 0 saturated heterocycles. The molecule has 0 spiro atoms. The normalized spacial score (nSPS) is 29.7. The van der Waals surface area contributed by atoms with E-state index in [1.165, 1.54) is 32.1 Å². The highest BCUT2D eigenvalue weighted by molar-refractivity contribution is 5.05. The lowest BCUT2D eigenvalue weighted by Gasteiger charge is -2.43. The molecule has 2 rings (SSSR count). The minimum absolute atomic E-state index is 0.634. The molecule has 0 radical (unpaired) electrons. The summed E-state index contributed by atoms with van der Waals surface area (Å²) in [7, 11) is 0. The molecule has 0 aromatic carbocycles. The monoisotopic (exact) mass is 139 g/mol. The number of nitrogens with one attached hydrogen (secondary N) is 1. The third kappa shape index (κ3) is 0.878. The first kappa shape index (κ1) is 6.66. The highest BCUT2D eigenvalue weighted by Gasteiger charge is 2.48. The van der Waals surface area contributed by atoms with Crippen LogP contribution < -0.4 is 5.32 Å². The van der Waals surface area contributed by atoms with Crippen LogP contribution >= 0.6 is 0 Å². The molecule has 10 heavy (non-hydrogen) atoms. The van der Waals surface area contributed by atoms with Crippen LogP contribution in [0.1, 0.15) is 39.0 Å². The van der Waals surface area contributed by atoms with Crippen LogP contribution in [0.5, 0.6) is 0 Å². The van der Waals surface area contributed by atoms with Gasteiger partial charge in [0.25, 0.3) is 0 Å². The van der Waals surface area contributed by atoms with Crippen LogP contribution in [0.25, 0.3) is 0 Å². The minimum Gasteiger partial charge on any atom is -0.311 e. The molecule has 0 aliphatic heterocycles. The van der Waals surface area contributed by atoms with E-state index in [2.05, 4.69) is 12.2 Å². The summed E-state index contributed by atoms with van der Waals surface area (Å²) in [5.74, 6) is 1.06. The molecule has 2 saturated carbocycles. The van der Waals surface area contributed by atoms with Crippen LogP contribution in [0.15, 0.2) is 0 Å². The van der Waals surface area contributed by atoms with Crippen molar-refractivity contribution in [1.82, 2.24) is 5.32 Å². The van der Waals surface area contributed by atoms with Crippen LogP contribution in [-0.4, -0.2) is 12.1 Å². The first-order valence-electron chi connectivity index (χ1n) is 4.62. The van der Waals surface area contributed by atoms with Crippen molar-refractivity contribution in [3.05, 3.63) is 0 Å². The average molecular weight is 139 g/mol. The Morgan fingerprint density at radius 3 is 2.40 bits per heavy atom. The van der Waals surface area contributed by atoms with E-state index in [1.807, 2.05) is 0 Å². The molecule has 1 nitrogen and oxygen atoms in total. The van der Waals surface area contributed by atoms with Crippen LogP contribution in [0.2, 0.25) is 0 Å². The maximum atomic E-state index is 3.66. The van der Waals surface area contributed by atoms with Gasteiger partial charge in [-0.1, -0.05) is 6.92 Å². The largest absolute Gasteiger partial charge is 0.311 e. The number of rotatable bonds is 3. The lowest BCUT2D eigenvalue weighted by atomic mass is 9.73. The zero-order valence-electron chi connectivity index (χ0n) is 6.82. The zero-order chi connectivity index (χ0) is 7.03. The molecule has 0 aromatic heterocycles. The third-order valence-corrected chi connectivity index (χ3v) is 3.13. The summed E-state index contributed by atoms with van der Waals surface area (Å²) >= 11 is 0. The van der Waals surface area contributed by atoms with Gasteiger partial charge in [-0.05, 0) is 44.6 Å². The van der Waals surface area contributed by atoms with E-state index in [0.717, 1.165) is 12.5 Å². The Morgan fingerprint density at radius 1 is 1.40 bits per heavy atom. The molecule has 0 atom stereocenters. The van der Waals surface area contributed by atoms with Crippen molar-refractivity contribution in [3.63, 3.8) is 0 Å². The molecule has 0 unspecified atom stereocenters. The third-order valence-electron chi connectivity index (χ3n) is 3.13. The molecule has 1 N–H and O–H groups in total. The van der Waals surface area contributed by atoms with E-state index in [4.69, 9.17) is 0 Å². The van der Waals surface area contributed by atoms with E-state index in [1.54, 1.807) is 0 Å². The van der Waals surface area contributed by atoms with Crippen LogP contribution in [0, 0.1) is 5.92 Å². The molecule has 0 bridgehead atoms. The standard InChI is InChI=1S/C9H17N/c1-2-10-9(6-3-7-9)8-4-5-8/h8,10H,2-7H2,1H3. The van der Waals surface area contributed by atoms with Gasteiger partial charge in [-0.3, -0.25) is 0 Å². The summed E-state index contributed by atoms with van der Waals surface area (Å²) in [5.41, 5.74) is 0.634. The Hall–Kier alpha value is -0.0400. The Labute approximate surface area is 63.2 Å². The Balaban J connectivity index is 1.92. The molecule has 2 aliphatic rings. The summed E-state index contributed by atoms with van der Waals surface area (Å²) in [6, 6.07) is 0. The van der Waals surface area contributed by atoms with Crippen molar-refractivity contribution in [2.24, 2.45) is 5.92 Å². The van der Waals surface area contributed by atoms with Gasteiger partial charge < -0.3 is 5.32 Å². The van der Waals surface area contributed by atoms with E-state index in [9.17, 15) is 0 Å². The molecule has 0 heterocycles. The van der Waals surface area contributed by atoms with Gasteiger partial charge in [-0.15, -0.1) is 0 Å². The van der Waals surface area contributed by atoms with Crippen molar-refractivity contribution in [1.29, 1.82) is 0 Å². The Bertz CT molecular complexity index is 123. The second-order valence-corrected chi connectivity index (χ2v) is 3.81. The van der Waals surface area contributed by atoms with Crippen molar-refractivity contribution in [2.45, 2.75) is 44.6 Å². The quantitative estimate of drug-likeness (QED) is 0.630. The average Bonchev–Trinajstić information content (AvgIpc) is 2.60. The van der Waals surface area contributed by atoms with Crippen LogP contribution in [0.3, 0.4) is 0 Å². The highest BCUT2D eigenvalue weighted by atomic mass is 15.0. The molecular formula is C9H17N. The predicted molar refractivity (Wildman–Crippen MR) is 43.0 cm³/mol. The fraction of sp³-hybridized carbons (Fsp3) is 1.00. The van der Waals surface area contributed by atoms with Crippen LogP contribution in [-0.2, 0) is 0 Å². The number of hydrogen-bond donors (Lipinski definition) is 1. The van der Waals surface area contributed by atoms with E-state index in [0.29, 0.717) is 5.54 Å². The lowest BCUT2D eigenvalue weighted by Crippen LogP contribution is -2.52. The van der Waals surface area contributed by atoms with Crippen molar-refractivity contribution >= 4 is 0 Å². The highest BCUT2D eigenvalue weighted by Crippen LogP contribution is 2.50. The molecule has 1 heteroatoms. The first-order chi connectivity index (χ1) is 4.87. The van der Waals surface area contributed by atoms with Gasteiger partial charge in [0.15, 0.2) is 0 Å². The smallest absolute Gasteiger partial charge is 0.0209 e. The van der Waals surface area contributed by atoms with E-state index >= 15 is 0 Å². The van der Waals surface area contributed by atoms with Gasteiger partial charge >= 0.3 is 0 Å². The maximum Gasteiger partial charge on any atom is 0.0209 e. The van der Waals surface area contributed by atoms with Gasteiger partial charge in [0.1, 0.15) is 0 Å². The Kier molecular flexibility index (Phi) is 1.48. The summed E-state index contributed by atoms with van der Waals surface area (Å²) in [5, 5.41) is 3.66. The summed E-state index contributed by atoms with van der Waals surface area (Å²) < 4.78 is 0. The van der Waals surface area contributed by atoms with Gasteiger partial charge in [0, 0.05) is 5.54 Å². The predicted octanol–water partition coefficient (Wildman–Crippen LogP) is 1.93. The van der Waals surface area contributed by atoms with Crippen molar-refractivity contribution in [3.8, 4) is 0 Å². The second-order valence-electron chi connectivity index (χ2n) is 3.81. The van der Waals surface area contributed by atoms with Crippen molar-refractivity contribution < 1.29 is 0 Å². The number of hydrogen-bond acceptors (Lipinski definition) is 1. The first-order valence-corrected chi connectivity index (χ1v) is 4.62. The summed E-state index contributed by atoms with van der Waals surface area (Å²) in [4.78, 5) is 0. The molecule has 0 aromatic rings. The topological polar surface area (TPSA) is 12.0 Å². The SMILES string of the molecule is CCNC1(C2CC2)CCC1. The van der Waals surface area contributed by atoms with Crippen LogP contribution in [0.4, 0.5) is 0 Å². The lowest BCUT2D eigenvalue weighted by molar-refractivity contribution is 0.157. The molecular weight excluding hydrogens is 122 g/mol. The summed E-state index contributed by atoms with van der Waals surface area (Å²) in [6.07, 6.45) is 7.35. The molecule has 0 amide bonds.